The number of halogens is 1. The highest BCUT2D eigenvalue weighted by Gasteiger charge is 2.29. The Bertz CT molecular complexity index is 617. The summed E-state index contributed by atoms with van der Waals surface area (Å²) in [5.74, 6) is -1.08. The average Bonchev–Trinajstić information content (AvgIpc) is 3.07. The van der Waals surface area contributed by atoms with E-state index in [2.05, 4.69) is 5.10 Å². The summed E-state index contributed by atoms with van der Waals surface area (Å²) >= 11 is 0. The number of carboxylic acid groups (broad SMARTS) is 1. The zero-order chi connectivity index (χ0) is 12.7. The van der Waals surface area contributed by atoms with Crippen molar-refractivity contribution in [1.29, 1.82) is 0 Å². The predicted molar refractivity (Wildman–Crippen MR) is 62.5 cm³/mol. The molecule has 1 saturated carbocycles. The van der Waals surface area contributed by atoms with Crippen molar-refractivity contribution in [3.05, 3.63) is 47.5 Å². The maximum absolute atomic E-state index is 13.2. The molecule has 1 heterocycles. The minimum absolute atomic E-state index is 0.00108. The Labute approximate surface area is 103 Å². The van der Waals surface area contributed by atoms with E-state index in [1.54, 1.807) is 18.2 Å². The lowest BCUT2D eigenvalue weighted by molar-refractivity contribution is 0.0690. The molecule has 1 N–H and O–H groups in total. The Balaban J connectivity index is 2.12. The number of benzene rings is 1. The van der Waals surface area contributed by atoms with Gasteiger partial charge in [0, 0.05) is 11.6 Å². The van der Waals surface area contributed by atoms with Crippen molar-refractivity contribution in [2.75, 3.05) is 0 Å². The molecule has 1 aliphatic carbocycles. The van der Waals surface area contributed by atoms with Gasteiger partial charge in [0.1, 0.15) is 5.82 Å². The van der Waals surface area contributed by atoms with Gasteiger partial charge in [-0.15, -0.1) is 0 Å². The standard InChI is InChI=1S/C13H11FN2O2/c14-9-2-1-3-10(6-9)16-12(8-4-5-8)7-11(15-16)13(17)18/h1-3,6-8H,4-5H2,(H,17,18). The third-order valence-electron chi connectivity index (χ3n) is 3.00. The second kappa shape index (κ2) is 3.94. The maximum Gasteiger partial charge on any atom is 0.356 e. The number of hydrogen-bond donors (Lipinski definition) is 1. The van der Waals surface area contributed by atoms with Gasteiger partial charge in [-0.2, -0.15) is 5.10 Å². The summed E-state index contributed by atoms with van der Waals surface area (Å²) in [5, 5.41) is 13.0. The van der Waals surface area contributed by atoms with Gasteiger partial charge < -0.3 is 5.11 Å². The van der Waals surface area contributed by atoms with Crippen molar-refractivity contribution >= 4 is 5.97 Å². The van der Waals surface area contributed by atoms with Gasteiger partial charge in [0.05, 0.1) is 5.69 Å². The average molecular weight is 246 g/mol. The van der Waals surface area contributed by atoms with E-state index in [4.69, 9.17) is 5.11 Å². The van der Waals surface area contributed by atoms with Gasteiger partial charge in [0.25, 0.3) is 0 Å². The molecule has 5 heteroatoms. The van der Waals surface area contributed by atoms with Crippen LogP contribution in [0.1, 0.15) is 34.9 Å². The molecule has 0 spiro atoms. The largest absolute Gasteiger partial charge is 0.476 e. The molecule has 0 radical (unpaired) electrons. The van der Waals surface area contributed by atoms with E-state index in [-0.39, 0.29) is 11.5 Å². The number of aromatic carboxylic acids is 1. The Morgan fingerprint density at radius 1 is 1.39 bits per heavy atom. The van der Waals surface area contributed by atoms with Crippen molar-refractivity contribution in [2.24, 2.45) is 0 Å². The SMILES string of the molecule is O=C(O)c1cc(C2CC2)n(-c2cccc(F)c2)n1. The summed E-state index contributed by atoms with van der Waals surface area (Å²) in [4.78, 5) is 11.0. The van der Waals surface area contributed by atoms with Crippen LogP contribution in [0.15, 0.2) is 30.3 Å². The Kier molecular flexibility index (Phi) is 2.40. The van der Waals surface area contributed by atoms with Crippen molar-refractivity contribution in [3.63, 3.8) is 0 Å². The normalized spacial score (nSPS) is 14.7. The lowest BCUT2D eigenvalue weighted by atomic mass is 10.2. The smallest absolute Gasteiger partial charge is 0.356 e. The van der Waals surface area contributed by atoms with Crippen LogP contribution in [-0.2, 0) is 0 Å². The van der Waals surface area contributed by atoms with Gasteiger partial charge in [-0.05, 0) is 37.1 Å². The molecule has 1 fully saturated rings. The van der Waals surface area contributed by atoms with Crippen molar-refractivity contribution in [3.8, 4) is 5.69 Å². The Hall–Kier alpha value is -2.17. The van der Waals surface area contributed by atoms with Crippen LogP contribution in [-0.4, -0.2) is 20.9 Å². The highest BCUT2D eigenvalue weighted by molar-refractivity contribution is 5.85. The van der Waals surface area contributed by atoms with E-state index in [9.17, 15) is 9.18 Å². The first-order valence-corrected chi connectivity index (χ1v) is 5.74. The fourth-order valence-electron chi connectivity index (χ4n) is 1.98. The zero-order valence-corrected chi connectivity index (χ0v) is 9.51. The van der Waals surface area contributed by atoms with E-state index in [0.717, 1.165) is 18.5 Å². The number of rotatable bonds is 3. The summed E-state index contributed by atoms with van der Waals surface area (Å²) in [6.45, 7) is 0. The Morgan fingerprint density at radius 2 is 2.17 bits per heavy atom. The van der Waals surface area contributed by atoms with Crippen LogP contribution in [0.5, 0.6) is 0 Å². The van der Waals surface area contributed by atoms with Crippen LogP contribution in [0.3, 0.4) is 0 Å². The monoisotopic (exact) mass is 246 g/mol. The molecule has 1 aliphatic rings. The molecule has 18 heavy (non-hydrogen) atoms. The highest BCUT2D eigenvalue weighted by atomic mass is 19.1. The van der Waals surface area contributed by atoms with Crippen LogP contribution in [0.4, 0.5) is 4.39 Å². The second-order valence-corrected chi connectivity index (χ2v) is 4.43. The van der Waals surface area contributed by atoms with Gasteiger partial charge in [-0.3, -0.25) is 0 Å². The number of carboxylic acids is 1. The summed E-state index contributed by atoms with van der Waals surface area (Å²) in [7, 11) is 0. The topological polar surface area (TPSA) is 55.1 Å². The van der Waals surface area contributed by atoms with E-state index in [1.165, 1.54) is 16.8 Å². The van der Waals surface area contributed by atoms with Crippen molar-refractivity contribution in [2.45, 2.75) is 18.8 Å². The van der Waals surface area contributed by atoms with Gasteiger partial charge in [0.2, 0.25) is 0 Å². The maximum atomic E-state index is 13.2. The van der Waals surface area contributed by atoms with Crippen LogP contribution >= 0.6 is 0 Å². The minimum Gasteiger partial charge on any atom is -0.476 e. The summed E-state index contributed by atoms with van der Waals surface area (Å²) in [6, 6.07) is 7.58. The fourth-order valence-corrected chi connectivity index (χ4v) is 1.98. The molecule has 0 atom stereocenters. The quantitative estimate of drug-likeness (QED) is 0.905. The van der Waals surface area contributed by atoms with Crippen LogP contribution in [0.25, 0.3) is 5.69 Å². The van der Waals surface area contributed by atoms with Crippen molar-refractivity contribution in [1.82, 2.24) is 9.78 Å². The molecule has 0 amide bonds. The summed E-state index contributed by atoms with van der Waals surface area (Å²) in [6.07, 6.45) is 2.06. The molecule has 4 nitrogen and oxygen atoms in total. The number of carbonyl (C=O) groups is 1. The predicted octanol–water partition coefficient (Wildman–Crippen LogP) is 2.59. The first-order valence-electron chi connectivity index (χ1n) is 5.74. The number of aromatic nitrogens is 2. The molecule has 0 unspecified atom stereocenters. The van der Waals surface area contributed by atoms with Gasteiger partial charge in [-0.1, -0.05) is 6.07 Å². The van der Waals surface area contributed by atoms with E-state index >= 15 is 0 Å². The molecular formula is C13H11FN2O2. The molecular weight excluding hydrogens is 235 g/mol. The zero-order valence-electron chi connectivity index (χ0n) is 9.51. The summed E-state index contributed by atoms with van der Waals surface area (Å²) in [5.41, 5.74) is 1.41. The molecule has 0 saturated heterocycles. The number of nitrogens with zero attached hydrogens (tertiary/aromatic N) is 2. The lowest BCUT2D eigenvalue weighted by Gasteiger charge is -2.06. The third kappa shape index (κ3) is 1.88. The minimum atomic E-state index is -1.06. The van der Waals surface area contributed by atoms with E-state index in [1.807, 2.05) is 0 Å². The van der Waals surface area contributed by atoms with Crippen LogP contribution < -0.4 is 0 Å². The molecule has 1 aromatic heterocycles. The Morgan fingerprint density at radius 3 is 2.78 bits per heavy atom. The van der Waals surface area contributed by atoms with Crippen LogP contribution in [0.2, 0.25) is 0 Å². The lowest BCUT2D eigenvalue weighted by Crippen LogP contribution is -2.03. The highest BCUT2D eigenvalue weighted by Crippen LogP contribution is 2.41. The van der Waals surface area contributed by atoms with E-state index in [0.29, 0.717) is 11.6 Å². The fraction of sp³-hybridized carbons (Fsp3) is 0.231. The van der Waals surface area contributed by atoms with E-state index < -0.39 is 5.97 Å². The first-order chi connectivity index (χ1) is 8.65. The van der Waals surface area contributed by atoms with Crippen LogP contribution in [0, 0.1) is 5.82 Å². The summed E-state index contributed by atoms with van der Waals surface area (Å²) < 4.78 is 14.7. The van der Waals surface area contributed by atoms with Crippen molar-refractivity contribution < 1.29 is 14.3 Å². The molecule has 1 aromatic carbocycles. The molecule has 3 rings (SSSR count). The van der Waals surface area contributed by atoms with Gasteiger partial charge in [0.15, 0.2) is 5.69 Å². The molecule has 92 valence electrons. The first kappa shape index (κ1) is 11.0. The van der Waals surface area contributed by atoms with Gasteiger partial charge in [-0.25, -0.2) is 13.9 Å². The van der Waals surface area contributed by atoms with Gasteiger partial charge >= 0.3 is 5.97 Å². The second-order valence-electron chi connectivity index (χ2n) is 4.43. The molecule has 2 aromatic rings. The number of hydrogen-bond acceptors (Lipinski definition) is 2. The molecule has 0 aliphatic heterocycles. The third-order valence-corrected chi connectivity index (χ3v) is 3.00. The molecule has 0 bridgehead atoms.